The lowest BCUT2D eigenvalue weighted by Gasteiger charge is -2.29. The fraction of sp³-hybridized carbons (Fsp3) is 0.333. The number of hydrogen-bond acceptors (Lipinski definition) is 2. The minimum atomic E-state index is 0.667. The van der Waals surface area contributed by atoms with E-state index in [1.54, 1.807) is 0 Å². The van der Waals surface area contributed by atoms with Crippen LogP contribution in [0.15, 0.2) is 60.4 Å². The van der Waals surface area contributed by atoms with Gasteiger partial charge in [0.2, 0.25) is 0 Å². The molecular formula is C15H19NO. The van der Waals surface area contributed by atoms with Crippen molar-refractivity contribution in [2.75, 3.05) is 19.8 Å². The first kappa shape index (κ1) is 11.9. The summed E-state index contributed by atoms with van der Waals surface area (Å²) in [5.41, 5.74) is 2.65. The molecule has 1 aliphatic carbocycles. The number of rotatable bonds is 4. The maximum atomic E-state index is 5.84. The summed E-state index contributed by atoms with van der Waals surface area (Å²) in [4.78, 5) is 2.23. The Morgan fingerprint density at radius 3 is 3.00 bits per heavy atom. The van der Waals surface area contributed by atoms with Crippen molar-refractivity contribution in [1.29, 1.82) is 0 Å². The van der Waals surface area contributed by atoms with Crippen molar-refractivity contribution < 1.29 is 4.74 Å². The number of allylic oxidation sites excluding steroid dienone is 4. The monoisotopic (exact) mass is 229 g/mol. The van der Waals surface area contributed by atoms with E-state index in [1.807, 2.05) is 12.2 Å². The summed E-state index contributed by atoms with van der Waals surface area (Å²) in [6.45, 7) is 10.0. The molecule has 0 aromatic heterocycles. The van der Waals surface area contributed by atoms with Crippen molar-refractivity contribution >= 4 is 0 Å². The topological polar surface area (TPSA) is 12.5 Å². The molecule has 0 aromatic rings. The van der Waals surface area contributed by atoms with E-state index >= 15 is 0 Å². The van der Waals surface area contributed by atoms with E-state index in [4.69, 9.17) is 4.74 Å². The van der Waals surface area contributed by atoms with E-state index in [2.05, 4.69) is 36.3 Å². The Morgan fingerprint density at radius 2 is 2.24 bits per heavy atom. The van der Waals surface area contributed by atoms with Gasteiger partial charge in [0.25, 0.3) is 0 Å². The highest BCUT2D eigenvalue weighted by Gasteiger charge is 2.19. The van der Waals surface area contributed by atoms with Crippen LogP contribution in [-0.4, -0.2) is 24.7 Å². The van der Waals surface area contributed by atoms with Gasteiger partial charge in [-0.2, -0.15) is 0 Å². The zero-order chi connectivity index (χ0) is 12.1. The van der Waals surface area contributed by atoms with Gasteiger partial charge in [0.15, 0.2) is 0 Å². The largest absolute Gasteiger partial charge is 0.482 e. The minimum absolute atomic E-state index is 0.667. The highest BCUT2D eigenvalue weighted by atomic mass is 16.5. The molecule has 1 heterocycles. The number of hydrogen-bond donors (Lipinski definition) is 0. The molecule has 0 N–H and O–H groups in total. The molecule has 2 heteroatoms. The number of ether oxygens (including phenoxy) is 1. The Balaban J connectivity index is 2.09. The molecule has 1 aliphatic heterocycles. The number of nitrogens with zero attached hydrogens (tertiary/aromatic N) is 1. The molecule has 0 saturated carbocycles. The highest BCUT2D eigenvalue weighted by molar-refractivity contribution is 5.35. The first-order valence-corrected chi connectivity index (χ1v) is 5.98. The third-order valence-corrected chi connectivity index (χ3v) is 2.98. The standard InChI is InChI=1S/C15H19NO/c1-3-6-13-7-5-8-14-11-16(9-4-2)12-17-15(14)10-13/h3-5,7-8H,1-2,6,9-12H2. The van der Waals surface area contributed by atoms with Gasteiger partial charge in [0.05, 0.1) is 0 Å². The fourth-order valence-electron chi connectivity index (χ4n) is 2.14. The van der Waals surface area contributed by atoms with Crippen LogP contribution in [0.2, 0.25) is 0 Å². The first-order chi connectivity index (χ1) is 8.33. The predicted molar refractivity (Wildman–Crippen MR) is 71.4 cm³/mol. The average Bonchev–Trinajstić information content (AvgIpc) is 2.51. The Labute approximate surface area is 103 Å². The summed E-state index contributed by atoms with van der Waals surface area (Å²) in [6, 6.07) is 0. The third-order valence-electron chi connectivity index (χ3n) is 2.98. The lowest BCUT2D eigenvalue weighted by molar-refractivity contribution is 0.0634. The molecule has 2 rings (SSSR count). The summed E-state index contributed by atoms with van der Waals surface area (Å²) in [5, 5.41) is 0. The van der Waals surface area contributed by atoms with Crippen LogP contribution in [0.3, 0.4) is 0 Å². The van der Waals surface area contributed by atoms with Crippen LogP contribution in [0.5, 0.6) is 0 Å². The summed E-state index contributed by atoms with van der Waals surface area (Å²) < 4.78 is 5.84. The van der Waals surface area contributed by atoms with Crippen LogP contribution in [0.1, 0.15) is 12.8 Å². The van der Waals surface area contributed by atoms with E-state index < -0.39 is 0 Å². The SMILES string of the molecule is C=CCC1=CC=CC2=C(C1)OCN(CC=C)C2. The Hall–Kier alpha value is -1.54. The molecule has 0 aromatic carbocycles. The van der Waals surface area contributed by atoms with Gasteiger partial charge in [-0.05, 0) is 6.42 Å². The molecule has 0 unspecified atom stereocenters. The lowest BCUT2D eigenvalue weighted by Crippen LogP contribution is -2.33. The van der Waals surface area contributed by atoms with Crippen molar-refractivity contribution in [1.82, 2.24) is 4.90 Å². The Bertz CT molecular complexity index is 401. The molecule has 0 bridgehead atoms. The van der Waals surface area contributed by atoms with E-state index in [0.29, 0.717) is 6.73 Å². The molecular weight excluding hydrogens is 210 g/mol. The third kappa shape index (κ3) is 2.98. The zero-order valence-corrected chi connectivity index (χ0v) is 10.2. The van der Waals surface area contributed by atoms with Crippen LogP contribution in [0.4, 0.5) is 0 Å². The van der Waals surface area contributed by atoms with Gasteiger partial charge in [-0.3, -0.25) is 4.90 Å². The van der Waals surface area contributed by atoms with Crippen molar-refractivity contribution in [3.05, 3.63) is 60.4 Å². The van der Waals surface area contributed by atoms with Gasteiger partial charge in [-0.15, -0.1) is 13.2 Å². The molecule has 0 spiro atoms. The Morgan fingerprint density at radius 1 is 1.35 bits per heavy atom. The quantitative estimate of drug-likeness (QED) is 0.686. The summed E-state index contributed by atoms with van der Waals surface area (Å²) >= 11 is 0. The van der Waals surface area contributed by atoms with E-state index in [-0.39, 0.29) is 0 Å². The van der Waals surface area contributed by atoms with E-state index in [9.17, 15) is 0 Å². The predicted octanol–water partition coefficient (Wildman–Crippen LogP) is 3.18. The smallest absolute Gasteiger partial charge is 0.142 e. The molecule has 0 atom stereocenters. The molecule has 0 radical (unpaired) electrons. The van der Waals surface area contributed by atoms with Crippen molar-refractivity contribution in [3.8, 4) is 0 Å². The first-order valence-electron chi connectivity index (χ1n) is 5.98. The summed E-state index contributed by atoms with van der Waals surface area (Å²) in [7, 11) is 0. The normalized spacial score (nSPS) is 20.1. The minimum Gasteiger partial charge on any atom is -0.482 e. The maximum absolute atomic E-state index is 5.84. The van der Waals surface area contributed by atoms with Crippen LogP contribution in [0, 0.1) is 0 Å². The van der Waals surface area contributed by atoms with E-state index in [0.717, 1.165) is 31.7 Å². The second-order valence-corrected chi connectivity index (χ2v) is 4.38. The van der Waals surface area contributed by atoms with Gasteiger partial charge < -0.3 is 4.74 Å². The van der Waals surface area contributed by atoms with Crippen molar-refractivity contribution in [2.24, 2.45) is 0 Å². The molecule has 0 amide bonds. The average molecular weight is 229 g/mol. The fourth-order valence-corrected chi connectivity index (χ4v) is 2.14. The van der Waals surface area contributed by atoms with Crippen LogP contribution in [-0.2, 0) is 4.74 Å². The van der Waals surface area contributed by atoms with Crippen molar-refractivity contribution in [2.45, 2.75) is 12.8 Å². The van der Waals surface area contributed by atoms with Crippen LogP contribution < -0.4 is 0 Å². The molecule has 0 saturated heterocycles. The molecule has 0 fully saturated rings. The second kappa shape index (κ2) is 5.69. The van der Waals surface area contributed by atoms with Gasteiger partial charge in [0, 0.05) is 25.1 Å². The van der Waals surface area contributed by atoms with Crippen molar-refractivity contribution in [3.63, 3.8) is 0 Å². The molecule has 2 nitrogen and oxygen atoms in total. The molecule has 90 valence electrons. The Kier molecular flexibility index (Phi) is 3.99. The second-order valence-electron chi connectivity index (χ2n) is 4.38. The lowest BCUT2D eigenvalue weighted by atomic mass is 10.1. The highest BCUT2D eigenvalue weighted by Crippen LogP contribution is 2.26. The summed E-state index contributed by atoms with van der Waals surface area (Å²) in [6.07, 6.45) is 12.1. The van der Waals surface area contributed by atoms with Gasteiger partial charge in [-0.1, -0.05) is 36.0 Å². The summed E-state index contributed by atoms with van der Waals surface area (Å²) in [5.74, 6) is 1.12. The van der Waals surface area contributed by atoms with Crippen LogP contribution >= 0.6 is 0 Å². The van der Waals surface area contributed by atoms with E-state index in [1.165, 1.54) is 11.1 Å². The van der Waals surface area contributed by atoms with Crippen LogP contribution in [0.25, 0.3) is 0 Å². The van der Waals surface area contributed by atoms with Gasteiger partial charge in [0.1, 0.15) is 12.5 Å². The molecule has 17 heavy (non-hydrogen) atoms. The van der Waals surface area contributed by atoms with Gasteiger partial charge in [-0.25, -0.2) is 0 Å². The zero-order valence-electron chi connectivity index (χ0n) is 10.2. The molecule has 2 aliphatic rings. The van der Waals surface area contributed by atoms with Gasteiger partial charge >= 0.3 is 0 Å². The maximum Gasteiger partial charge on any atom is 0.142 e.